The molecule has 0 spiro atoms. The van der Waals surface area contributed by atoms with Crippen LogP contribution in [0.25, 0.3) is 0 Å². The van der Waals surface area contributed by atoms with E-state index in [2.05, 4.69) is 4.99 Å². The van der Waals surface area contributed by atoms with Crippen LogP contribution >= 0.6 is 0 Å². The number of nitrogens with zero attached hydrogens (tertiary/aromatic N) is 1. The van der Waals surface area contributed by atoms with Crippen molar-refractivity contribution in [1.29, 1.82) is 0 Å². The Morgan fingerprint density at radius 2 is 1.60 bits per heavy atom. The first-order chi connectivity index (χ1) is 12.1. The van der Waals surface area contributed by atoms with Crippen LogP contribution in [0.15, 0.2) is 41.4 Å². The smallest absolute Gasteiger partial charge is 0.203 e. The lowest BCUT2D eigenvalue weighted by Gasteiger charge is -2.13. The molecule has 0 radical (unpaired) electrons. The molecular weight excluding hydrogens is 318 g/mol. The monoisotopic (exact) mass is 341 g/mol. The van der Waals surface area contributed by atoms with Crippen LogP contribution in [0.4, 0.5) is 0 Å². The van der Waals surface area contributed by atoms with Gasteiger partial charge < -0.3 is 14.2 Å². The van der Waals surface area contributed by atoms with Crippen molar-refractivity contribution < 1.29 is 19.0 Å². The average molecular weight is 341 g/mol. The van der Waals surface area contributed by atoms with Crippen molar-refractivity contribution in [3.63, 3.8) is 0 Å². The summed E-state index contributed by atoms with van der Waals surface area (Å²) in [6.07, 6.45) is 1.86. The first kappa shape index (κ1) is 18.5. The summed E-state index contributed by atoms with van der Waals surface area (Å²) in [4.78, 5) is 16.7. The van der Waals surface area contributed by atoms with Crippen molar-refractivity contribution in [2.75, 3.05) is 21.3 Å². The van der Waals surface area contributed by atoms with Gasteiger partial charge in [-0.2, -0.15) is 0 Å². The third kappa shape index (κ3) is 4.83. The summed E-state index contributed by atoms with van der Waals surface area (Å²) in [5.41, 5.74) is 2.82. The van der Waals surface area contributed by atoms with E-state index in [1.807, 2.05) is 31.2 Å². The number of methoxy groups -OCH3 is 3. The second-order valence-corrected chi connectivity index (χ2v) is 5.55. The third-order valence-electron chi connectivity index (χ3n) is 3.79. The molecule has 2 aromatic carbocycles. The van der Waals surface area contributed by atoms with Gasteiger partial charge in [-0.3, -0.25) is 9.79 Å². The molecule has 0 atom stereocenters. The fourth-order valence-corrected chi connectivity index (χ4v) is 2.37. The number of carbonyl (C=O) groups excluding carboxylic acids is 1. The highest BCUT2D eigenvalue weighted by atomic mass is 16.5. The molecule has 2 aromatic rings. The maximum Gasteiger partial charge on any atom is 0.203 e. The van der Waals surface area contributed by atoms with Crippen LogP contribution in [0.3, 0.4) is 0 Å². The molecule has 132 valence electrons. The number of ether oxygens (including phenoxy) is 3. The maximum atomic E-state index is 12.4. The predicted octanol–water partition coefficient (Wildman–Crippen LogP) is 3.86. The summed E-state index contributed by atoms with van der Waals surface area (Å²) in [5.74, 6) is 1.32. The molecule has 0 aromatic heterocycles. The second-order valence-electron chi connectivity index (χ2n) is 5.55. The van der Waals surface area contributed by atoms with Crippen molar-refractivity contribution in [3.8, 4) is 17.2 Å². The zero-order chi connectivity index (χ0) is 18.2. The molecule has 0 saturated heterocycles. The Morgan fingerprint density at radius 1 is 1.00 bits per heavy atom. The molecule has 0 heterocycles. The molecule has 2 rings (SSSR count). The molecule has 0 amide bonds. The summed E-state index contributed by atoms with van der Waals surface area (Å²) in [6, 6.07) is 11.5. The first-order valence-corrected chi connectivity index (χ1v) is 7.96. The van der Waals surface area contributed by atoms with E-state index in [1.165, 1.54) is 26.9 Å². The third-order valence-corrected chi connectivity index (χ3v) is 3.79. The second kappa shape index (κ2) is 8.87. The van der Waals surface area contributed by atoms with Crippen LogP contribution in [-0.4, -0.2) is 33.3 Å². The number of rotatable bonds is 8. The van der Waals surface area contributed by atoms with Gasteiger partial charge in [0.2, 0.25) is 5.75 Å². The summed E-state index contributed by atoms with van der Waals surface area (Å²) in [6.45, 7) is 2.60. The fraction of sp³-hybridized carbons (Fsp3) is 0.300. The molecule has 0 saturated carbocycles. The Morgan fingerprint density at radius 3 is 2.12 bits per heavy atom. The van der Waals surface area contributed by atoms with Gasteiger partial charge in [-0.1, -0.05) is 29.8 Å². The van der Waals surface area contributed by atoms with Gasteiger partial charge in [0.15, 0.2) is 17.3 Å². The number of Topliss-reactive ketones (excluding diaryl/α,β-unsaturated/α-hetero) is 1. The highest BCUT2D eigenvalue weighted by molar-refractivity contribution is 6.04. The quantitative estimate of drug-likeness (QED) is 0.540. The van der Waals surface area contributed by atoms with Crippen LogP contribution in [0.1, 0.15) is 27.9 Å². The van der Waals surface area contributed by atoms with Crippen molar-refractivity contribution in [1.82, 2.24) is 0 Å². The van der Waals surface area contributed by atoms with Crippen LogP contribution in [-0.2, 0) is 6.54 Å². The van der Waals surface area contributed by atoms with Gasteiger partial charge in [0.05, 0.1) is 27.9 Å². The number of benzene rings is 2. The first-order valence-electron chi connectivity index (χ1n) is 7.96. The van der Waals surface area contributed by atoms with E-state index < -0.39 is 0 Å². The molecular formula is C20H23NO4. The number of hydrogen-bond acceptors (Lipinski definition) is 5. The lowest BCUT2D eigenvalue weighted by atomic mass is 10.1. The van der Waals surface area contributed by atoms with Crippen LogP contribution in [0, 0.1) is 6.92 Å². The lowest BCUT2D eigenvalue weighted by Crippen LogP contribution is -2.03. The highest BCUT2D eigenvalue weighted by Crippen LogP contribution is 2.38. The molecule has 0 fully saturated rings. The Kier molecular flexibility index (Phi) is 6.57. The molecule has 5 heteroatoms. The summed E-state index contributed by atoms with van der Waals surface area (Å²) in [7, 11) is 4.57. The number of carbonyl (C=O) groups is 1. The topological polar surface area (TPSA) is 57.1 Å². The van der Waals surface area contributed by atoms with Gasteiger partial charge in [-0.15, -0.1) is 0 Å². The maximum absolute atomic E-state index is 12.4. The standard InChI is InChI=1S/C20H23NO4/c1-14-5-7-15(8-6-14)13-21-10-9-17(22)16-11-18(23-2)20(25-4)19(12-16)24-3/h5-8,10-12H,9,13H2,1-4H3. The Hall–Kier alpha value is -2.82. The summed E-state index contributed by atoms with van der Waals surface area (Å²) in [5, 5.41) is 0. The fourth-order valence-electron chi connectivity index (χ4n) is 2.37. The average Bonchev–Trinajstić information content (AvgIpc) is 2.65. The minimum absolute atomic E-state index is 0.0630. The Balaban J connectivity index is 2.05. The molecule has 0 aliphatic carbocycles. The zero-order valence-electron chi connectivity index (χ0n) is 15.0. The number of ketones is 1. The molecule has 5 nitrogen and oxygen atoms in total. The molecule has 0 N–H and O–H groups in total. The largest absolute Gasteiger partial charge is 0.493 e. The molecule has 25 heavy (non-hydrogen) atoms. The predicted molar refractivity (Wildman–Crippen MR) is 98.4 cm³/mol. The van der Waals surface area contributed by atoms with Crippen molar-refractivity contribution in [2.24, 2.45) is 4.99 Å². The zero-order valence-corrected chi connectivity index (χ0v) is 15.0. The minimum Gasteiger partial charge on any atom is -0.493 e. The van der Waals surface area contributed by atoms with Gasteiger partial charge in [0.25, 0.3) is 0 Å². The van der Waals surface area contributed by atoms with E-state index in [4.69, 9.17) is 14.2 Å². The Bertz CT molecular complexity index is 726. The van der Waals surface area contributed by atoms with Crippen molar-refractivity contribution >= 4 is 12.0 Å². The summed E-state index contributed by atoms with van der Waals surface area (Å²) < 4.78 is 15.8. The van der Waals surface area contributed by atoms with Gasteiger partial charge in [0.1, 0.15) is 0 Å². The van der Waals surface area contributed by atoms with Crippen molar-refractivity contribution in [2.45, 2.75) is 19.9 Å². The van der Waals surface area contributed by atoms with Gasteiger partial charge in [-0.25, -0.2) is 0 Å². The SMILES string of the molecule is COc1cc(C(=O)CC=NCc2ccc(C)cc2)cc(OC)c1OC. The van der Waals surface area contributed by atoms with E-state index in [9.17, 15) is 4.79 Å². The van der Waals surface area contributed by atoms with Gasteiger partial charge >= 0.3 is 0 Å². The number of aryl methyl sites for hydroxylation is 1. The normalized spacial score (nSPS) is 10.7. The van der Waals surface area contributed by atoms with Crippen LogP contribution in [0.5, 0.6) is 17.2 Å². The van der Waals surface area contributed by atoms with Gasteiger partial charge in [0, 0.05) is 18.2 Å². The molecule has 0 aliphatic heterocycles. The highest BCUT2D eigenvalue weighted by Gasteiger charge is 2.16. The molecule has 0 aliphatic rings. The van der Waals surface area contributed by atoms with E-state index >= 15 is 0 Å². The van der Waals surface area contributed by atoms with Crippen LogP contribution < -0.4 is 14.2 Å². The molecule has 0 bridgehead atoms. The van der Waals surface area contributed by atoms with Gasteiger partial charge in [-0.05, 0) is 24.6 Å². The molecule has 0 unspecified atom stereocenters. The minimum atomic E-state index is -0.0630. The van der Waals surface area contributed by atoms with Crippen molar-refractivity contribution in [3.05, 3.63) is 53.1 Å². The van der Waals surface area contributed by atoms with Crippen LogP contribution in [0.2, 0.25) is 0 Å². The van der Waals surface area contributed by atoms with E-state index in [0.717, 1.165) is 5.56 Å². The number of hydrogen-bond donors (Lipinski definition) is 0. The van der Waals surface area contributed by atoms with E-state index in [0.29, 0.717) is 29.4 Å². The summed E-state index contributed by atoms with van der Waals surface area (Å²) >= 11 is 0. The Labute approximate surface area is 148 Å². The number of aliphatic imine (C=N–C) groups is 1. The lowest BCUT2D eigenvalue weighted by molar-refractivity contribution is 0.100. The van der Waals surface area contributed by atoms with E-state index in [1.54, 1.807) is 18.3 Å². The van der Waals surface area contributed by atoms with E-state index in [-0.39, 0.29) is 12.2 Å².